The van der Waals surface area contributed by atoms with Crippen LogP contribution in [0.25, 0.3) is 0 Å². The summed E-state index contributed by atoms with van der Waals surface area (Å²) in [5, 5.41) is 5.33. The number of aryl methyl sites for hydroxylation is 1. The molecule has 2 atom stereocenters. The lowest BCUT2D eigenvalue weighted by Gasteiger charge is -2.26. The van der Waals surface area contributed by atoms with E-state index in [1.165, 1.54) is 0 Å². The quantitative estimate of drug-likeness (QED) is 0.780. The molecule has 1 aromatic heterocycles. The maximum atomic E-state index is 12.2. The molecule has 0 aromatic carbocycles. The van der Waals surface area contributed by atoms with Gasteiger partial charge in [0.05, 0.1) is 0 Å². The molecular formula is C12H17NOS. The van der Waals surface area contributed by atoms with Gasteiger partial charge >= 0.3 is 0 Å². The summed E-state index contributed by atoms with van der Waals surface area (Å²) in [7, 11) is 0. The van der Waals surface area contributed by atoms with E-state index in [0.29, 0.717) is 11.7 Å². The Morgan fingerprint density at radius 3 is 2.93 bits per heavy atom. The predicted octanol–water partition coefficient (Wildman–Crippen LogP) is 2.48. The molecule has 3 heteroatoms. The van der Waals surface area contributed by atoms with Gasteiger partial charge in [-0.15, -0.1) is 11.3 Å². The van der Waals surface area contributed by atoms with Gasteiger partial charge in [0.2, 0.25) is 0 Å². The van der Waals surface area contributed by atoms with E-state index in [0.717, 1.165) is 30.0 Å². The minimum absolute atomic E-state index is 0.182. The molecule has 0 spiro atoms. The van der Waals surface area contributed by atoms with E-state index < -0.39 is 0 Å². The highest BCUT2D eigenvalue weighted by molar-refractivity contribution is 7.10. The Balaban J connectivity index is 2.11. The molecule has 0 amide bonds. The van der Waals surface area contributed by atoms with Gasteiger partial charge in [-0.25, -0.2) is 0 Å². The van der Waals surface area contributed by atoms with E-state index in [4.69, 9.17) is 0 Å². The molecule has 2 nitrogen and oxygen atoms in total. The summed E-state index contributed by atoms with van der Waals surface area (Å²) in [6.45, 7) is 6.12. The summed E-state index contributed by atoms with van der Waals surface area (Å²) < 4.78 is 0. The van der Waals surface area contributed by atoms with Crippen LogP contribution in [-0.2, 0) is 0 Å². The maximum absolute atomic E-state index is 12.2. The van der Waals surface area contributed by atoms with E-state index >= 15 is 0 Å². The summed E-state index contributed by atoms with van der Waals surface area (Å²) in [4.78, 5) is 13.3. The predicted molar refractivity (Wildman–Crippen MR) is 63.5 cm³/mol. The standard InChI is InChI=1S/C12H17NOS/c1-8-5-10(7-13-6-8)12(14)11-3-4-15-9(11)2/h3-4,8,10,13H,5-7H2,1-2H3. The summed E-state index contributed by atoms with van der Waals surface area (Å²) >= 11 is 1.66. The number of carbonyl (C=O) groups is 1. The average molecular weight is 223 g/mol. The van der Waals surface area contributed by atoms with Crippen molar-refractivity contribution in [1.82, 2.24) is 5.32 Å². The van der Waals surface area contributed by atoms with Crippen molar-refractivity contribution >= 4 is 17.1 Å². The van der Waals surface area contributed by atoms with Crippen LogP contribution in [0, 0.1) is 18.8 Å². The number of Topliss-reactive ketones (excluding diaryl/α,β-unsaturated/α-hetero) is 1. The molecule has 2 heterocycles. The molecule has 1 N–H and O–H groups in total. The molecule has 15 heavy (non-hydrogen) atoms. The number of hydrogen-bond donors (Lipinski definition) is 1. The maximum Gasteiger partial charge on any atom is 0.168 e. The van der Waals surface area contributed by atoms with Crippen molar-refractivity contribution in [3.8, 4) is 0 Å². The van der Waals surface area contributed by atoms with E-state index in [1.807, 2.05) is 18.4 Å². The van der Waals surface area contributed by atoms with Gasteiger partial charge in [0.25, 0.3) is 0 Å². The third-order valence-corrected chi connectivity index (χ3v) is 3.91. The highest BCUT2D eigenvalue weighted by Gasteiger charge is 2.26. The van der Waals surface area contributed by atoms with Crippen molar-refractivity contribution in [2.45, 2.75) is 20.3 Å². The van der Waals surface area contributed by atoms with E-state index in [-0.39, 0.29) is 5.92 Å². The Morgan fingerprint density at radius 2 is 2.33 bits per heavy atom. The molecule has 0 radical (unpaired) electrons. The molecule has 1 saturated heterocycles. The summed E-state index contributed by atoms with van der Waals surface area (Å²) in [5.74, 6) is 1.13. The second-order valence-corrected chi connectivity index (χ2v) is 5.57. The number of rotatable bonds is 2. The second kappa shape index (κ2) is 4.45. The van der Waals surface area contributed by atoms with Crippen LogP contribution >= 0.6 is 11.3 Å². The van der Waals surface area contributed by atoms with Gasteiger partial charge in [-0.2, -0.15) is 0 Å². The van der Waals surface area contributed by atoms with Crippen LogP contribution in [0.3, 0.4) is 0 Å². The third kappa shape index (κ3) is 2.29. The average Bonchev–Trinajstić information content (AvgIpc) is 2.63. The van der Waals surface area contributed by atoms with Crippen LogP contribution in [0.5, 0.6) is 0 Å². The molecule has 2 rings (SSSR count). The highest BCUT2D eigenvalue weighted by Crippen LogP contribution is 2.24. The number of nitrogens with one attached hydrogen (secondary N) is 1. The van der Waals surface area contributed by atoms with Crippen LogP contribution in [0.15, 0.2) is 11.4 Å². The lowest BCUT2D eigenvalue weighted by molar-refractivity contribution is 0.0881. The fraction of sp³-hybridized carbons (Fsp3) is 0.583. The van der Waals surface area contributed by atoms with Crippen LogP contribution in [0.1, 0.15) is 28.6 Å². The molecular weight excluding hydrogens is 206 g/mol. The zero-order chi connectivity index (χ0) is 10.8. The third-order valence-electron chi connectivity index (χ3n) is 3.07. The Morgan fingerprint density at radius 1 is 1.53 bits per heavy atom. The Kier molecular flexibility index (Phi) is 3.22. The van der Waals surface area contributed by atoms with Gasteiger partial charge in [0.1, 0.15) is 0 Å². The zero-order valence-corrected chi connectivity index (χ0v) is 10.1. The molecule has 0 bridgehead atoms. The van der Waals surface area contributed by atoms with Gasteiger partial charge in [0, 0.05) is 22.9 Å². The van der Waals surface area contributed by atoms with E-state index in [1.54, 1.807) is 11.3 Å². The summed E-state index contributed by atoms with van der Waals surface area (Å²) in [6, 6.07) is 1.96. The fourth-order valence-electron chi connectivity index (χ4n) is 2.22. The Hall–Kier alpha value is -0.670. The number of hydrogen-bond acceptors (Lipinski definition) is 3. The Bertz CT molecular complexity index is 358. The number of piperidine rings is 1. The van der Waals surface area contributed by atoms with E-state index in [2.05, 4.69) is 12.2 Å². The Labute approximate surface area is 94.7 Å². The number of ketones is 1. The van der Waals surface area contributed by atoms with Gasteiger partial charge in [-0.1, -0.05) is 6.92 Å². The first-order chi connectivity index (χ1) is 7.18. The molecule has 1 aliphatic heterocycles. The first kappa shape index (κ1) is 10.8. The van der Waals surface area contributed by atoms with Crippen LogP contribution in [0.2, 0.25) is 0 Å². The molecule has 0 saturated carbocycles. The molecule has 2 unspecified atom stereocenters. The normalized spacial score (nSPS) is 26.5. The number of carbonyl (C=O) groups excluding carboxylic acids is 1. The largest absolute Gasteiger partial charge is 0.316 e. The van der Waals surface area contributed by atoms with E-state index in [9.17, 15) is 4.79 Å². The van der Waals surface area contributed by atoms with Crippen molar-refractivity contribution in [2.75, 3.05) is 13.1 Å². The minimum Gasteiger partial charge on any atom is -0.316 e. The van der Waals surface area contributed by atoms with Gasteiger partial charge in [0.15, 0.2) is 5.78 Å². The van der Waals surface area contributed by atoms with Crippen molar-refractivity contribution in [2.24, 2.45) is 11.8 Å². The molecule has 82 valence electrons. The second-order valence-electron chi connectivity index (χ2n) is 4.45. The zero-order valence-electron chi connectivity index (χ0n) is 9.25. The first-order valence-electron chi connectivity index (χ1n) is 5.47. The molecule has 1 fully saturated rings. The first-order valence-corrected chi connectivity index (χ1v) is 6.35. The topological polar surface area (TPSA) is 29.1 Å². The van der Waals surface area contributed by atoms with Gasteiger partial charge in [-0.3, -0.25) is 4.79 Å². The number of thiophene rings is 1. The minimum atomic E-state index is 0.182. The fourth-order valence-corrected chi connectivity index (χ4v) is 2.92. The van der Waals surface area contributed by atoms with Gasteiger partial charge in [-0.05, 0) is 37.3 Å². The molecule has 1 aliphatic rings. The molecule has 1 aromatic rings. The van der Waals surface area contributed by atoms with Crippen LogP contribution in [-0.4, -0.2) is 18.9 Å². The van der Waals surface area contributed by atoms with Crippen molar-refractivity contribution < 1.29 is 4.79 Å². The monoisotopic (exact) mass is 223 g/mol. The van der Waals surface area contributed by atoms with Crippen molar-refractivity contribution in [1.29, 1.82) is 0 Å². The smallest absolute Gasteiger partial charge is 0.168 e. The van der Waals surface area contributed by atoms with Crippen LogP contribution < -0.4 is 5.32 Å². The summed E-state index contributed by atoms with van der Waals surface area (Å²) in [5.41, 5.74) is 0.931. The molecule has 0 aliphatic carbocycles. The van der Waals surface area contributed by atoms with Crippen molar-refractivity contribution in [3.05, 3.63) is 21.9 Å². The SMILES string of the molecule is Cc1sccc1C(=O)C1CNCC(C)C1. The highest BCUT2D eigenvalue weighted by atomic mass is 32.1. The van der Waals surface area contributed by atoms with Crippen molar-refractivity contribution in [3.63, 3.8) is 0 Å². The summed E-state index contributed by atoms with van der Waals surface area (Å²) in [6.07, 6.45) is 1.03. The van der Waals surface area contributed by atoms with Gasteiger partial charge < -0.3 is 5.32 Å². The lowest BCUT2D eigenvalue weighted by Crippen LogP contribution is -2.38. The lowest BCUT2D eigenvalue weighted by atomic mass is 9.86. The van der Waals surface area contributed by atoms with Crippen LogP contribution in [0.4, 0.5) is 0 Å².